The predicted octanol–water partition coefficient (Wildman–Crippen LogP) is 4.14. The van der Waals surface area contributed by atoms with Gasteiger partial charge in [0.1, 0.15) is 5.75 Å². The second-order valence-corrected chi connectivity index (χ2v) is 8.29. The smallest absolute Gasteiger partial charge is 0.279 e. The molecule has 28 heavy (non-hydrogen) atoms. The molecule has 2 N–H and O–H groups in total. The van der Waals surface area contributed by atoms with Gasteiger partial charge in [-0.3, -0.25) is 4.79 Å². The number of carbonyl (C=O) groups excluding carboxylic acids is 1. The number of hydrogen-bond acceptors (Lipinski definition) is 5. The van der Waals surface area contributed by atoms with Gasteiger partial charge >= 0.3 is 0 Å². The monoisotopic (exact) mass is 395 g/mol. The molecular weight excluding hydrogens is 370 g/mol. The van der Waals surface area contributed by atoms with Gasteiger partial charge in [-0.25, -0.2) is 4.98 Å². The highest BCUT2D eigenvalue weighted by Crippen LogP contribution is 2.31. The van der Waals surface area contributed by atoms with E-state index in [-0.39, 0.29) is 11.9 Å². The molecule has 1 aromatic heterocycles. The quantitative estimate of drug-likeness (QED) is 0.659. The summed E-state index contributed by atoms with van der Waals surface area (Å²) in [7, 11) is 0. The minimum absolute atomic E-state index is 0.0410. The van der Waals surface area contributed by atoms with E-state index >= 15 is 0 Å². The lowest BCUT2D eigenvalue weighted by atomic mass is 9.86. The van der Waals surface area contributed by atoms with Crippen LogP contribution in [0.1, 0.15) is 25.3 Å². The average molecular weight is 396 g/mol. The van der Waals surface area contributed by atoms with Gasteiger partial charge in [-0.15, -0.1) is 0 Å². The van der Waals surface area contributed by atoms with Crippen molar-refractivity contribution in [2.75, 3.05) is 13.1 Å². The van der Waals surface area contributed by atoms with E-state index in [0.717, 1.165) is 48.3 Å². The Hall–Kier alpha value is -2.44. The van der Waals surface area contributed by atoms with Crippen LogP contribution in [0.3, 0.4) is 0 Å². The number of hydrogen-bond donors (Lipinski definition) is 2. The first-order valence-corrected chi connectivity index (χ1v) is 10.6. The van der Waals surface area contributed by atoms with Crippen LogP contribution in [0.4, 0.5) is 0 Å². The van der Waals surface area contributed by atoms with Crippen molar-refractivity contribution in [3.63, 3.8) is 0 Å². The van der Waals surface area contributed by atoms with Crippen molar-refractivity contribution < 1.29 is 9.53 Å². The lowest BCUT2D eigenvalue weighted by Crippen LogP contribution is -2.44. The normalized spacial score (nSPS) is 16.0. The van der Waals surface area contributed by atoms with Crippen LogP contribution in [0.15, 0.2) is 48.5 Å². The Bertz CT molecular complexity index is 899. The van der Waals surface area contributed by atoms with Gasteiger partial charge in [0.15, 0.2) is 0 Å². The van der Waals surface area contributed by atoms with Gasteiger partial charge in [-0.2, -0.15) is 0 Å². The fourth-order valence-corrected chi connectivity index (χ4v) is 4.62. The summed E-state index contributed by atoms with van der Waals surface area (Å²) in [5.41, 5.74) is 2.16. The summed E-state index contributed by atoms with van der Waals surface area (Å²) in [6.45, 7) is 3.65. The number of benzene rings is 2. The fraction of sp³-hybridized carbons (Fsp3) is 0.364. The van der Waals surface area contributed by atoms with Crippen LogP contribution in [0, 0.1) is 5.92 Å². The number of nitrogens with one attached hydrogen (secondary N) is 2. The SMILES string of the molecule is CC(=O)NC(Cc1ccc(Oc2nc3ccccc3s2)cc1)C1CCNCC1. The van der Waals surface area contributed by atoms with E-state index in [0.29, 0.717) is 11.1 Å². The maximum atomic E-state index is 11.7. The van der Waals surface area contributed by atoms with Crippen LogP contribution >= 0.6 is 11.3 Å². The Morgan fingerprint density at radius 2 is 1.96 bits per heavy atom. The molecule has 0 bridgehead atoms. The number of aromatic nitrogens is 1. The summed E-state index contributed by atoms with van der Waals surface area (Å²) >= 11 is 1.55. The summed E-state index contributed by atoms with van der Waals surface area (Å²) in [5, 5.41) is 7.21. The highest BCUT2D eigenvalue weighted by Gasteiger charge is 2.24. The van der Waals surface area contributed by atoms with Crippen LogP contribution < -0.4 is 15.4 Å². The third-order valence-corrected chi connectivity index (χ3v) is 6.11. The molecule has 1 saturated heterocycles. The van der Waals surface area contributed by atoms with E-state index in [1.54, 1.807) is 18.3 Å². The Morgan fingerprint density at radius 3 is 2.68 bits per heavy atom. The van der Waals surface area contributed by atoms with Crippen LogP contribution in [0.25, 0.3) is 10.2 Å². The van der Waals surface area contributed by atoms with Crippen molar-refractivity contribution in [3.05, 3.63) is 54.1 Å². The highest BCUT2D eigenvalue weighted by atomic mass is 32.1. The zero-order chi connectivity index (χ0) is 19.3. The molecule has 0 radical (unpaired) electrons. The minimum atomic E-state index is 0.0410. The van der Waals surface area contributed by atoms with Gasteiger partial charge in [0.2, 0.25) is 5.91 Å². The topological polar surface area (TPSA) is 63.2 Å². The maximum Gasteiger partial charge on any atom is 0.279 e. The molecule has 2 heterocycles. The second kappa shape index (κ2) is 8.71. The van der Waals surface area contributed by atoms with Gasteiger partial charge in [-0.05, 0) is 68.1 Å². The van der Waals surface area contributed by atoms with Gasteiger partial charge < -0.3 is 15.4 Å². The Labute approximate surface area is 169 Å². The molecule has 0 saturated carbocycles. The van der Waals surface area contributed by atoms with Gasteiger partial charge in [0, 0.05) is 13.0 Å². The summed E-state index contributed by atoms with van der Waals surface area (Å²) < 4.78 is 7.05. The number of rotatable bonds is 6. The third kappa shape index (κ3) is 4.69. The Kier molecular flexibility index (Phi) is 5.88. The molecule has 5 nitrogen and oxygen atoms in total. The van der Waals surface area contributed by atoms with Crippen molar-refractivity contribution in [3.8, 4) is 10.9 Å². The molecule has 1 aliphatic heterocycles. The predicted molar refractivity (Wildman–Crippen MR) is 113 cm³/mol. The number of carbonyl (C=O) groups is 1. The molecule has 0 spiro atoms. The van der Waals surface area contributed by atoms with Crippen LogP contribution in [0.5, 0.6) is 10.9 Å². The number of amides is 1. The van der Waals surface area contributed by atoms with Gasteiger partial charge in [0.25, 0.3) is 5.19 Å². The molecule has 146 valence electrons. The fourth-order valence-electron chi connectivity index (χ4n) is 3.79. The van der Waals surface area contributed by atoms with Crippen LogP contribution in [0.2, 0.25) is 0 Å². The molecule has 4 rings (SSSR count). The lowest BCUT2D eigenvalue weighted by molar-refractivity contribution is -0.120. The second-order valence-electron chi connectivity index (χ2n) is 7.29. The Morgan fingerprint density at radius 1 is 1.21 bits per heavy atom. The largest absolute Gasteiger partial charge is 0.431 e. The molecule has 1 atom stereocenters. The van der Waals surface area contributed by atoms with Gasteiger partial charge in [-0.1, -0.05) is 35.6 Å². The number of thiazole rings is 1. The Balaban J connectivity index is 1.43. The molecule has 1 unspecified atom stereocenters. The standard InChI is InChI=1S/C22H25N3O2S/c1-15(26)24-20(17-10-12-23-13-11-17)14-16-6-8-18(9-7-16)27-22-25-19-4-2-3-5-21(19)28-22/h2-9,17,20,23H,10-14H2,1H3,(H,24,26). The summed E-state index contributed by atoms with van der Waals surface area (Å²) in [6.07, 6.45) is 3.04. The minimum Gasteiger partial charge on any atom is -0.431 e. The van der Waals surface area contributed by atoms with E-state index < -0.39 is 0 Å². The molecule has 2 aromatic carbocycles. The third-order valence-electron chi connectivity index (χ3n) is 5.20. The van der Waals surface area contributed by atoms with Crippen molar-refractivity contribution in [2.24, 2.45) is 5.92 Å². The molecular formula is C22H25N3O2S. The average Bonchev–Trinajstić information content (AvgIpc) is 3.11. The maximum absolute atomic E-state index is 11.7. The van der Waals surface area contributed by atoms with Crippen molar-refractivity contribution in [2.45, 2.75) is 32.2 Å². The summed E-state index contributed by atoms with van der Waals surface area (Å²) in [5.74, 6) is 1.34. The van der Waals surface area contributed by atoms with E-state index in [1.807, 2.05) is 36.4 Å². The van der Waals surface area contributed by atoms with Crippen molar-refractivity contribution >= 4 is 27.5 Å². The summed E-state index contributed by atoms with van der Waals surface area (Å²) in [6, 6.07) is 16.3. The van der Waals surface area contributed by atoms with Crippen molar-refractivity contribution in [1.82, 2.24) is 15.6 Å². The molecule has 1 aliphatic rings. The zero-order valence-corrected chi connectivity index (χ0v) is 16.8. The van der Waals surface area contributed by atoms with Crippen LogP contribution in [-0.2, 0) is 11.2 Å². The van der Waals surface area contributed by atoms with Gasteiger partial charge in [0.05, 0.1) is 10.2 Å². The van der Waals surface area contributed by atoms with E-state index in [4.69, 9.17) is 4.74 Å². The molecule has 3 aromatic rings. The first-order chi connectivity index (χ1) is 13.7. The molecule has 6 heteroatoms. The van der Waals surface area contributed by atoms with E-state index in [2.05, 4.69) is 27.8 Å². The number of para-hydroxylation sites is 1. The zero-order valence-electron chi connectivity index (χ0n) is 16.0. The first kappa shape index (κ1) is 18.9. The summed E-state index contributed by atoms with van der Waals surface area (Å²) in [4.78, 5) is 16.2. The highest BCUT2D eigenvalue weighted by molar-refractivity contribution is 7.20. The number of fused-ring (bicyclic) bond motifs is 1. The van der Waals surface area contributed by atoms with Crippen molar-refractivity contribution in [1.29, 1.82) is 0 Å². The lowest BCUT2D eigenvalue weighted by Gasteiger charge is -2.31. The van der Waals surface area contributed by atoms with Crippen LogP contribution in [-0.4, -0.2) is 30.0 Å². The van der Waals surface area contributed by atoms with E-state index in [9.17, 15) is 4.79 Å². The molecule has 0 aliphatic carbocycles. The number of nitrogens with zero attached hydrogens (tertiary/aromatic N) is 1. The number of piperidine rings is 1. The molecule has 1 amide bonds. The van der Waals surface area contributed by atoms with E-state index in [1.165, 1.54) is 5.56 Å². The number of ether oxygens (including phenoxy) is 1. The first-order valence-electron chi connectivity index (χ1n) is 9.77. The molecule has 1 fully saturated rings.